The summed E-state index contributed by atoms with van der Waals surface area (Å²) < 4.78 is 3.56. The first-order chi connectivity index (χ1) is 7.63. The molecule has 2 heterocycles. The van der Waals surface area contributed by atoms with E-state index in [-0.39, 0.29) is 0 Å². The van der Waals surface area contributed by atoms with Crippen LogP contribution in [0.5, 0.6) is 0 Å². The molecular weight excluding hydrogens is 202 g/mol. The van der Waals surface area contributed by atoms with Crippen molar-refractivity contribution in [1.29, 1.82) is 0 Å². The van der Waals surface area contributed by atoms with Crippen molar-refractivity contribution >= 4 is 5.69 Å². The van der Waals surface area contributed by atoms with Crippen molar-refractivity contribution in [1.82, 2.24) is 19.6 Å². The van der Waals surface area contributed by atoms with Crippen molar-refractivity contribution in [2.45, 2.75) is 26.7 Å². The summed E-state index contributed by atoms with van der Waals surface area (Å²) in [4.78, 5) is 0. The molecule has 0 unspecified atom stereocenters. The molecule has 0 radical (unpaired) electrons. The summed E-state index contributed by atoms with van der Waals surface area (Å²) in [5.74, 6) is 0.844. The number of rotatable bonds is 3. The van der Waals surface area contributed by atoms with Crippen LogP contribution < -0.4 is 5.73 Å². The van der Waals surface area contributed by atoms with Crippen molar-refractivity contribution < 1.29 is 0 Å². The van der Waals surface area contributed by atoms with Crippen molar-refractivity contribution in [3.63, 3.8) is 0 Å². The minimum absolute atomic E-state index is 0.729. The lowest BCUT2D eigenvalue weighted by molar-refractivity contribution is 0.685. The van der Waals surface area contributed by atoms with Crippen LogP contribution in [-0.4, -0.2) is 19.6 Å². The van der Waals surface area contributed by atoms with Gasteiger partial charge in [0.1, 0.15) is 5.69 Å². The number of hydrogen-bond acceptors (Lipinski definition) is 3. The third-order valence-corrected chi connectivity index (χ3v) is 2.54. The Morgan fingerprint density at radius 3 is 2.75 bits per heavy atom. The Balaban J connectivity index is 2.48. The minimum Gasteiger partial charge on any atom is -0.394 e. The fourth-order valence-corrected chi connectivity index (χ4v) is 1.81. The number of nitrogens with zero attached hydrogens (tertiary/aromatic N) is 4. The summed E-state index contributed by atoms with van der Waals surface area (Å²) in [5.41, 5.74) is 8.88. The van der Waals surface area contributed by atoms with E-state index in [0.717, 1.165) is 35.6 Å². The Bertz CT molecular complexity index is 494. The van der Waals surface area contributed by atoms with Crippen LogP contribution in [0.4, 0.5) is 5.69 Å². The largest absolute Gasteiger partial charge is 0.394 e. The normalized spacial score (nSPS) is 10.9. The topological polar surface area (TPSA) is 61.7 Å². The lowest BCUT2D eigenvalue weighted by Crippen LogP contribution is -2.05. The first-order valence-corrected chi connectivity index (χ1v) is 5.46. The van der Waals surface area contributed by atoms with Crippen LogP contribution in [0.1, 0.15) is 24.6 Å². The highest BCUT2D eigenvalue weighted by molar-refractivity contribution is 5.57. The van der Waals surface area contributed by atoms with E-state index >= 15 is 0 Å². The van der Waals surface area contributed by atoms with E-state index in [1.807, 2.05) is 26.4 Å². The third kappa shape index (κ3) is 1.68. The van der Waals surface area contributed by atoms with Gasteiger partial charge in [-0.25, -0.2) is 9.36 Å². The second kappa shape index (κ2) is 4.00. The van der Waals surface area contributed by atoms with E-state index in [2.05, 4.69) is 17.1 Å². The van der Waals surface area contributed by atoms with Crippen LogP contribution in [0, 0.1) is 6.92 Å². The van der Waals surface area contributed by atoms with Gasteiger partial charge in [-0.05, 0) is 18.9 Å². The predicted molar refractivity (Wildman–Crippen MR) is 63.5 cm³/mol. The van der Waals surface area contributed by atoms with Gasteiger partial charge in [0.15, 0.2) is 5.82 Å². The fourth-order valence-electron chi connectivity index (χ4n) is 1.81. The summed E-state index contributed by atoms with van der Waals surface area (Å²) in [6.07, 6.45) is 5.70. The lowest BCUT2D eigenvalue weighted by Gasteiger charge is -2.02. The highest BCUT2D eigenvalue weighted by Gasteiger charge is 2.14. The molecule has 0 saturated carbocycles. The van der Waals surface area contributed by atoms with Crippen molar-refractivity contribution in [3.8, 4) is 5.82 Å². The van der Waals surface area contributed by atoms with Crippen LogP contribution >= 0.6 is 0 Å². The Kier molecular flexibility index (Phi) is 2.68. The van der Waals surface area contributed by atoms with E-state index < -0.39 is 0 Å². The highest BCUT2D eigenvalue weighted by Crippen LogP contribution is 2.21. The average molecular weight is 219 g/mol. The van der Waals surface area contributed by atoms with E-state index in [1.54, 1.807) is 9.36 Å². The van der Waals surface area contributed by atoms with Crippen LogP contribution in [0.3, 0.4) is 0 Å². The van der Waals surface area contributed by atoms with Crippen LogP contribution in [0.25, 0.3) is 5.82 Å². The number of aromatic nitrogens is 4. The quantitative estimate of drug-likeness (QED) is 0.849. The van der Waals surface area contributed by atoms with Crippen molar-refractivity contribution in [2.24, 2.45) is 7.05 Å². The van der Waals surface area contributed by atoms with Crippen LogP contribution in [-0.2, 0) is 13.5 Å². The molecule has 2 N–H and O–H groups in total. The number of aryl methyl sites for hydroxylation is 3. The van der Waals surface area contributed by atoms with E-state index in [0.29, 0.717) is 0 Å². The van der Waals surface area contributed by atoms with E-state index in [4.69, 9.17) is 5.73 Å². The first-order valence-electron chi connectivity index (χ1n) is 5.46. The Morgan fingerprint density at radius 1 is 1.44 bits per heavy atom. The molecule has 0 saturated heterocycles. The molecule has 2 aromatic rings. The van der Waals surface area contributed by atoms with Gasteiger partial charge in [-0.2, -0.15) is 10.2 Å². The third-order valence-electron chi connectivity index (χ3n) is 2.54. The highest BCUT2D eigenvalue weighted by atomic mass is 15.4. The van der Waals surface area contributed by atoms with Gasteiger partial charge in [-0.1, -0.05) is 13.3 Å². The monoisotopic (exact) mass is 219 g/mol. The zero-order valence-electron chi connectivity index (χ0n) is 9.94. The molecule has 0 aromatic carbocycles. The number of nitrogens with two attached hydrogens (primary N) is 1. The van der Waals surface area contributed by atoms with Crippen molar-refractivity contribution in [2.75, 3.05) is 5.73 Å². The van der Waals surface area contributed by atoms with E-state index in [1.165, 1.54) is 0 Å². The van der Waals surface area contributed by atoms with Gasteiger partial charge in [0.05, 0.1) is 11.9 Å². The smallest absolute Gasteiger partial charge is 0.175 e. The second-order valence-corrected chi connectivity index (χ2v) is 4.02. The maximum absolute atomic E-state index is 6.09. The summed E-state index contributed by atoms with van der Waals surface area (Å²) >= 11 is 0. The molecule has 0 spiro atoms. The molecule has 5 heteroatoms. The summed E-state index contributed by atoms with van der Waals surface area (Å²) in [6, 6.07) is 0. The number of nitrogen functional groups attached to an aromatic ring is 1. The minimum atomic E-state index is 0.729. The van der Waals surface area contributed by atoms with Crippen molar-refractivity contribution in [3.05, 3.63) is 23.7 Å². The SMILES string of the molecule is CCCc1nn(C)c(-n2cc(C)cn2)c1N. The molecule has 2 aromatic heterocycles. The molecule has 2 rings (SSSR count). The summed E-state index contributed by atoms with van der Waals surface area (Å²) in [6.45, 7) is 4.12. The maximum Gasteiger partial charge on any atom is 0.175 e. The van der Waals surface area contributed by atoms with Crippen LogP contribution in [0.15, 0.2) is 12.4 Å². The zero-order chi connectivity index (χ0) is 11.7. The van der Waals surface area contributed by atoms with E-state index in [9.17, 15) is 0 Å². The molecule has 16 heavy (non-hydrogen) atoms. The van der Waals surface area contributed by atoms with Gasteiger partial charge < -0.3 is 5.73 Å². The molecule has 0 aliphatic rings. The Hall–Kier alpha value is -1.78. The molecule has 0 fully saturated rings. The van der Waals surface area contributed by atoms with Gasteiger partial charge in [0.25, 0.3) is 0 Å². The number of anilines is 1. The summed E-state index contributed by atoms with van der Waals surface area (Å²) in [7, 11) is 1.89. The molecule has 0 bridgehead atoms. The van der Waals surface area contributed by atoms with Gasteiger partial charge in [0.2, 0.25) is 0 Å². The van der Waals surface area contributed by atoms with Gasteiger partial charge in [-0.15, -0.1) is 0 Å². The molecule has 0 atom stereocenters. The fraction of sp³-hybridized carbons (Fsp3) is 0.455. The molecule has 0 aliphatic carbocycles. The molecule has 0 amide bonds. The first kappa shape index (κ1) is 10.7. The zero-order valence-corrected chi connectivity index (χ0v) is 9.94. The van der Waals surface area contributed by atoms with Gasteiger partial charge in [-0.3, -0.25) is 0 Å². The lowest BCUT2D eigenvalue weighted by atomic mass is 10.2. The van der Waals surface area contributed by atoms with Crippen LogP contribution in [0.2, 0.25) is 0 Å². The standard InChI is InChI=1S/C11H17N5/c1-4-5-9-10(12)11(15(3)14-9)16-7-8(2)6-13-16/h6-7H,4-5,12H2,1-3H3. The average Bonchev–Trinajstić information content (AvgIpc) is 2.74. The molecule has 0 aliphatic heterocycles. The Morgan fingerprint density at radius 2 is 2.19 bits per heavy atom. The van der Waals surface area contributed by atoms with Gasteiger partial charge in [0, 0.05) is 13.2 Å². The molecular formula is C11H17N5. The summed E-state index contributed by atoms with van der Waals surface area (Å²) in [5, 5.41) is 8.67. The number of hydrogen-bond donors (Lipinski definition) is 1. The maximum atomic E-state index is 6.09. The van der Waals surface area contributed by atoms with Gasteiger partial charge >= 0.3 is 0 Å². The predicted octanol–water partition coefficient (Wildman–Crippen LogP) is 1.45. The Labute approximate surface area is 94.9 Å². The second-order valence-electron chi connectivity index (χ2n) is 4.02. The molecule has 86 valence electrons. The molecule has 5 nitrogen and oxygen atoms in total.